The maximum Gasteiger partial charge on any atom is 0.220 e. The van der Waals surface area contributed by atoms with E-state index in [1.54, 1.807) is 11.3 Å². The number of hydrogen-bond donors (Lipinski definition) is 1. The maximum absolute atomic E-state index is 11.8. The molecule has 21 heavy (non-hydrogen) atoms. The molecule has 1 aromatic heterocycles. The van der Waals surface area contributed by atoms with E-state index >= 15 is 0 Å². The number of aryl methyl sites for hydroxylation is 3. The molecule has 0 aliphatic heterocycles. The van der Waals surface area contributed by atoms with Crippen molar-refractivity contribution in [3.8, 4) is 0 Å². The van der Waals surface area contributed by atoms with E-state index in [9.17, 15) is 4.79 Å². The van der Waals surface area contributed by atoms with E-state index in [0.29, 0.717) is 19.4 Å². The minimum atomic E-state index is 0.0782. The molecule has 0 saturated carbocycles. The second-order valence-corrected chi connectivity index (χ2v) is 6.70. The Labute approximate surface area is 134 Å². The predicted molar refractivity (Wildman–Crippen MR) is 88.1 cm³/mol. The number of amides is 1. The second-order valence-electron chi connectivity index (χ2n) is 4.98. The first-order valence-electron chi connectivity index (χ1n) is 6.98. The molecule has 0 bridgehead atoms. The third-order valence-corrected chi connectivity index (χ3v) is 4.67. The van der Waals surface area contributed by atoms with Crippen molar-refractivity contribution in [2.24, 2.45) is 0 Å². The van der Waals surface area contributed by atoms with Gasteiger partial charge >= 0.3 is 0 Å². The van der Waals surface area contributed by atoms with Crippen LogP contribution in [0.5, 0.6) is 0 Å². The van der Waals surface area contributed by atoms with Crippen molar-refractivity contribution >= 4 is 28.8 Å². The first-order chi connectivity index (χ1) is 10.0. The van der Waals surface area contributed by atoms with Gasteiger partial charge in [0.05, 0.1) is 10.7 Å². The van der Waals surface area contributed by atoms with E-state index in [1.165, 1.54) is 10.4 Å². The molecule has 0 atom stereocenters. The molecule has 112 valence electrons. The van der Waals surface area contributed by atoms with Crippen LogP contribution < -0.4 is 5.32 Å². The molecule has 0 aliphatic carbocycles. The number of thiazole rings is 1. The molecule has 2 aromatic rings. The van der Waals surface area contributed by atoms with Crippen molar-refractivity contribution in [2.75, 3.05) is 6.54 Å². The van der Waals surface area contributed by atoms with Crippen LogP contribution in [-0.2, 0) is 17.6 Å². The summed E-state index contributed by atoms with van der Waals surface area (Å²) in [4.78, 5) is 17.5. The van der Waals surface area contributed by atoms with E-state index in [0.717, 1.165) is 22.1 Å². The molecule has 0 aliphatic rings. The highest BCUT2D eigenvalue weighted by atomic mass is 35.5. The Balaban J connectivity index is 1.69. The van der Waals surface area contributed by atoms with Crippen LogP contribution in [-0.4, -0.2) is 17.4 Å². The summed E-state index contributed by atoms with van der Waals surface area (Å²) in [6.07, 6.45) is 2.03. The van der Waals surface area contributed by atoms with E-state index in [1.807, 2.05) is 31.2 Å². The lowest BCUT2D eigenvalue weighted by atomic mass is 10.1. The topological polar surface area (TPSA) is 42.0 Å². The summed E-state index contributed by atoms with van der Waals surface area (Å²) in [5, 5.41) is 4.72. The van der Waals surface area contributed by atoms with Gasteiger partial charge in [0.25, 0.3) is 0 Å². The van der Waals surface area contributed by atoms with Crippen LogP contribution in [0.15, 0.2) is 24.3 Å². The van der Waals surface area contributed by atoms with Crippen molar-refractivity contribution in [2.45, 2.75) is 33.1 Å². The molecule has 0 fully saturated rings. The highest BCUT2D eigenvalue weighted by Gasteiger charge is 2.07. The average molecular weight is 323 g/mol. The molecule has 5 heteroatoms. The van der Waals surface area contributed by atoms with Gasteiger partial charge in [-0.1, -0.05) is 23.7 Å². The van der Waals surface area contributed by atoms with Gasteiger partial charge in [-0.25, -0.2) is 4.98 Å². The molecule has 0 spiro atoms. The summed E-state index contributed by atoms with van der Waals surface area (Å²) in [5.74, 6) is 0.0782. The van der Waals surface area contributed by atoms with Gasteiger partial charge in [0.2, 0.25) is 5.91 Å². The third-order valence-electron chi connectivity index (χ3n) is 3.29. The number of hydrogen-bond acceptors (Lipinski definition) is 3. The minimum Gasteiger partial charge on any atom is -0.356 e. The molecule has 1 N–H and O–H groups in total. The Hall–Kier alpha value is -1.39. The SMILES string of the molecule is Cc1nc(CCC(=O)NCCc2ccc(Cl)cc2)sc1C. The predicted octanol–water partition coefficient (Wildman–Crippen LogP) is 3.70. The van der Waals surface area contributed by atoms with Gasteiger partial charge in [0.1, 0.15) is 0 Å². The summed E-state index contributed by atoms with van der Waals surface area (Å²) in [6, 6.07) is 7.70. The Morgan fingerprint density at radius 1 is 1.24 bits per heavy atom. The maximum atomic E-state index is 11.8. The Kier molecular flexibility index (Phi) is 5.76. The van der Waals surface area contributed by atoms with Crippen molar-refractivity contribution in [1.82, 2.24) is 10.3 Å². The summed E-state index contributed by atoms with van der Waals surface area (Å²) in [6.45, 7) is 4.71. The first kappa shape index (κ1) is 16.0. The van der Waals surface area contributed by atoms with E-state index in [4.69, 9.17) is 11.6 Å². The van der Waals surface area contributed by atoms with Crippen LogP contribution in [0, 0.1) is 13.8 Å². The fourth-order valence-corrected chi connectivity index (χ4v) is 3.01. The molecule has 1 amide bonds. The van der Waals surface area contributed by atoms with Gasteiger partial charge in [-0.3, -0.25) is 4.79 Å². The largest absolute Gasteiger partial charge is 0.356 e. The lowest BCUT2D eigenvalue weighted by molar-refractivity contribution is -0.121. The summed E-state index contributed by atoms with van der Waals surface area (Å²) < 4.78 is 0. The number of carbonyl (C=O) groups is 1. The number of rotatable bonds is 6. The number of carbonyl (C=O) groups excluding carboxylic acids is 1. The summed E-state index contributed by atoms with van der Waals surface area (Å²) in [7, 11) is 0. The van der Waals surface area contributed by atoms with Crippen LogP contribution in [0.1, 0.15) is 27.6 Å². The first-order valence-corrected chi connectivity index (χ1v) is 8.18. The van der Waals surface area contributed by atoms with Crippen LogP contribution in [0.2, 0.25) is 5.02 Å². The molecule has 1 aromatic carbocycles. The molecule has 0 radical (unpaired) electrons. The quantitative estimate of drug-likeness (QED) is 0.881. The van der Waals surface area contributed by atoms with Crippen LogP contribution in [0.25, 0.3) is 0 Å². The number of nitrogens with zero attached hydrogens (tertiary/aromatic N) is 1. The zero-order chi connectivity index (χ0) is 15.2. The normalized spacial score (nSPS) is 10.6. The van der Waals surface area contributed by atoms with Gasteiger partial charge in [-0.15, -0.1) is 11.3 Å². The standard InChI is InChI=1S/C16H19ClN2OS/c1-11-12(2)21-16(19-11)8-7-15(20)18-10-9-13-3-5-14(17)6-4-13/h3-6H,7-10H2,1-2H3,(H,18,20). The molecular formula is C16H19ClN2OS. The van der Waals surface area contributed by atoms with E-state index in [-0.39, 0.29) is 5.91 Å². The number of nitrogens with one attached hydrogen (secondary N) is 1. The summed E-state index contributed by atoms with van der Waals surface area (Å²) in [5.41, 5.74) is 2.24. The second kappa shape index (κ2) is 7.57. The Bertz CT molecular complexity index is 588. The minimum absolute atomic E-state index is 0.0782. The van der Waals surface area contributed by atoms with Gasteiger partial charge in [0.15, 0.2) is 0 Å². The van der Waals surface area contributed by atoms with Crippen molar-refractivity contribution in [3.63, 3.8) is 0 Å². The van der Waals surface area contributed by atoms with Crippen LogP contribution >= 0.6 is 22.9 Å². The molecule has 0 unspecified atom stereocenters. The zero-order valence-corrected chi connectivity index (χ0v) is 13.9. The van der Waals surface area contributed by atoms with E-state index < -0.39 is 0 Å². The highest BCUT2D eigenvalue weighted by molar-refractivity contribution is 7.11. The molecule has 0 saturated heterocycles. The Morgan fingerprint density at radius 3 is 2.57 bits per heavy atom. The molecule has 3 nitrogen and oxygen atoms in total. The average Bonchev–Trinajstić information content (AvgIpc) is 2.78. The van der Waals surface area contributed by atoms with Gasteiger partial charge in [-0.05, 0) is 38.0 Å². The summed E-state index contributed by atoms with van der Waals surface area (Å²) >= 11 is 7.51. The fraction of sp³-hybridized carbons (Fsp3) is 0.375. The zero-order valence-electron chi connectivity index (χ0n) is 12.3. The lowest BCUT2D eigenvalue weighted by Crippen LogP contribution is -2.25. The van der Waals surface area contributed by atoms with Crippen LogP contribution in [0.3, 0.4) is 0 Å². The molecule has 2 rings (SSSR count). The monoisotopic (exact) mass is 322 g/mol. The number of benzene rings is 1. The smallest absolute Gasteiger partial charge is 0.220 e. The fourth-order valence-electron chi connectivity index (χ4n) is 1.95. The van der Waals surface area contributed by atoms with Gasteiger partial charge in [0, 0.05) is 29.3 Å². The molecular weight excluding hydrogens is 304 g/mol. The number of halogens is 1. The molecule has 1 heterocycles. The van der Waals surface area contributed by atoms with Crippen molar-refractivity contribution in [3.05, 3.63) is 50.4 Å². The van der Waals surface area contributed by atoms with Crippen molar-refractivity contribution in [1.29, 1.82) is 0 Å². The van der Waals surface area contributed by atoms with E-state index in [2.05, 4.69) is 17.2 Å². The highest BCUT2D eigenvalue weighted by Crippen LogP contribution is 2.17. The number of aromatic nitrogens is 1. The van der Waals surface area contributed by atoms with Crippen LogP contribution in [0.4, 0.5) is 0 Å². The third kappa shape index (κ3) is 5.14. The Morgan fingerprint density at radius 2 is 1.95 bits per heavy atom. The van der Waals surface area contributed by atoms with Gasteiger partial charge in [-0.2, -0.15) is 0 Å². The van der Waals surface area contributed by atoms with Crippen molar-refractivity contribution < 1.29 is 4.79 Å². The van der Waals surface area contributed by atoms with Gasteiger partial charge < -0.3 is 5.32 Å². The lowest BCUT2D eigenvalue weighted by Gasteiger charge is -2.05.